The summed E-state index contributed by atoms with van der Waals surface area (Å²) in [5.74, 6) is 0.203. The lowest BCUT2D eigenvalue weighted by atomic mass is 10.1. The third-order valence-corrected chi connectivity index (χ3v) is 2.30. The Morgan fingerprint density at radius 3 is 2.44 bits per heavy atom. The molecule has 0 atom stereocenters. The van der Waals surface area contributed by atoms with Gasteiger partial charge in [-0.1, -0.05) is 6.07 Å². The van der Waals surface area contributed by atoms with Crippen LogP contribution in [0.3, 0.4) is 0 Å². The van der Waals surface area contributed by atoms with E-state index < -0.39 is 5.97 Å². The van der Waals surface area contributed by atoms with Crippen molar-refractivity contribution in [3.05, 3.63) is 30.1 Å². The van der Waals surface area contributed by atoms with Crippen LogP contribution in [0.25, 0.3) is 5.57 Å². The van der Waals surface area contributed by atoms with Crippen LogP contribution < -0.4 is 9.47 Å². The van der Waals surface area contributed by atoms with E-state index >= 15 is 0 Å². The lowest BCUT2D eigenvalue weighted by Crippen LogP contribution is -2.06. The molecule has 0 bridgehead atoms. The molecule has 4 nitrogen and oxygen atoms in total. The first-order valence-electron chi connectivity index (χ1n) is 5.37. The molecular formula is C13H15FO4. The molecule has 18 heavy (non-hydrogen) atoms. The van der Waals surface area contributed by atoms with Gasteiger partial charge in [-0.3, -0.25) is 0 Å². The van der Waals surface area contributed by atoms with Crippen LogP contribution in [0.2, 0.25) is 0 Å². The van der Waals surface area contributed by atoms with Crippen LogP contribution in [0.4, 0.5) is 4.39 Å². The second kappa shape index (κ2) is 6.64. The van der Waals surface area contributed by atoms with E-state index in [1.807, 2.05) is 0 Å². The highest BCUT2D eigenvalue weighted by atomic mass is 19.1. The summed E-state index contributed by atoms with van der Waals surface area (Å²) < 4.78 is 27.7. The van der Waals surface area contributed by atoms with E-state index in [1.54, 1.807) is 19.1 Å². The molecule has 1 aromatic rings. The fraction of sp³-hybridized carbons (Fsp3) is 0.308. The zero-order chi connectivity index (χ0) is 13.5. The number of carbonyl (C=O) groups is 1. The third kappa shape index (κ3) is 3.00. The topological polar surface area (TPSA) is 44.8 Å². The third-order valence-electron chi connectivity index (χ3n) is 2.30. The molecule has 1 rings (SSSR count). The van der Waals surface area contributed by atoms with Crippen molar-refractivity contribution in [2.45, 2.75) is 6.92 Å². The van der Waals surface area contributed by atoms with Crippen molar-refractivity contribution in [2.75, 3.05) is 20.8 Å². The lowest BCUT2D eigenvalue weighted by Gasteiger charge is -2.10. The molecule has 0 radical (unpaired) electrons. The van der Waals surface area contributed by atoms with E-state index in [0.29, 0.717) is 17.1 Å². The van der Waals surface area contributed by atoms with Gasteiger partial charge in [0.1, 0.15) is 6.33 Å². The van der Waals surface area contributed by atoms with Crippen LogP contribution in [-0.2, 0) is 9.53 Å². The van der Waals surface area contributed by atoms with Crippen molar-refractivity contribution < 1.29 is 23.4 Å². The second-order valence-corrected chi connectivity index (χ2v) is 3.31. The van der Waals surface area contributed by atoms with Crippen LogP contribution >= 0.6 is 0 Å². The summed E-state index contributed by atoms with van der Waals surface area (Å²) in [7, 11) is 2.96. The molecule has 0 aliphatic carbocycles. The summed E-state index contributed by atoms with van der Waals surface area (Å²) in [6.45, 7) is 1.84. The molecule has 0 unspecified atom stereocenters. The minimum absolute atomic E-state index is 0.155. The molecule has 0 amide bonds. The molecule has 0 fully saturated rings. The fourth-order valence-corrected chi connectivity index (χ4v) is 1.44. The predicted molar refractivity (Wildman–Crippen MR) is 65.3 cm³/mol. The highest BCUT2D eigenvalue weighted by Crippen LogP contribution is 2.30. The normalized spacial score (nSPS) is 11.0. The van der Waals surface area contributed by atoms with Gasteiger partial charge in [0.15, 0.2) is 11.5 Å². The lowest BCUT2D eigenvalue weighted by molar-refractivity contribution is -0.136. The van der Waals surface area contributed by atoms with Gasteiger partial charge in [-0.2, -0.15) is 0 Å². The van der Waals surface area contributed by atoms with E-state index in [9.17, 15) is 9.18 Å². The average Bonchev–Trinajstić information content (AvgIpc) is 2.39. The van der Waals surface area contributed by atoms with Crippen LogP contribution in [0.1, 0.15) is 12.5 Å². The van der Waals surface area contributed by atoms with Gasteiger partial charge in [-0.15, -0.1) is 0 Å². The molecule has 0 aliphatic heterocycles. The maximum atomic E-state index is 12.8. The van der Waals surface area contributed by atoms with Crippen molar-refractivity contribution in [1.29, 1.82) is 0 Å². The number of benzene rings is 1. The molecule has 0 spiro atoms. The summed E-state index contributed by atoms with van der Waals surface area (Å²) in [4.78, 5) is 11.5. The van der Waals surface area contributed by atoms with Crippen LogP contribution in [-0.4, -0.2) is 26.8 Å². The summed E-state index contributed by atoms with van der Waals surface area (Å²) in [6.07, 6.45) is 0.221. The average molecular weight is 254 g/mol. The molecule has 5 heteroatoms. The Morgan fingerprint density at radius 1 is 1.28 bits per heavy atom. The number of carbonyl (C=O) groups excluding carboxylic acids is 1. The molecule has 0 saturated carbocycles. The monoisotopic (exact) mass is 254 g/mol. The zero-order valence-corrected chi connectivity index (χ0v) is 10.5. The Balaban J connectivity index is 3.12. The Hall–Kier alpha value is -2.04. The molecular weight excluding hydrogens is 239 g/mol. The van der Waals surface area contributed by atoms with Crippen molar-refractivity contribution in [2.24, 2.45) is 0 Å². The van der Waals surface area contributed by atoms with Gasteiger partial charge in [-0.05, 0) is 24.6 Å². The van der Waals surface area contributed by atoms with Crippen LogP contribution in [0.15, 0.2) is 24.5 Å². The first-order valence-corrected chi connectivity index (χ1v) is 5.37. The highest BCUT2D eigenvalue weighted by molar-refractivity contribution is 6.16. The highest BCUT2D eigenvalue weighted by Gasteiger charge is 2.15. The van der Waals surface area contributed by atoms with Gasteiger partial charge in [0.25, 0.3) is 0 Å². The van der Waals surface area contributed by atoms with Crippen molar-refractivity contribution in [1.82, 2.24) is 0 Å². The largest absolute Gasteiger partial charge is 0.493 e. The molecule has 0 N–H and O–H groups in total. The number of esters is 1. The molecule has 0 aliphatic rings. The zero-order valence-electron chi connectivity index (χ0n) is 10.5. The predicted octanol–water partition coefficient (Wildman–Crippen LogP) is 2.58. The van der Waals surface area contributed by atoms with Crippen molar-refractivity contribution in [3.8, 4) is 11.5 Å². The number of rotatable bonds is 5. The van der Waals surface area contributed by atoms with Crippen molar-refractivity contribution >= 4 is 11.5 Å². The Bertz CT molecular complexity index is 454. The van der Waals surface area contributed by atoms with E-state index in [-0.39, 0.29) is 18.5 Å². The van der Waals surface area contributed by atoms with Gasteiger partial charge in [0.05, 0.1) is 26.4 Å². The standard InChI is InChI=1S/C13H15FO4/c1-4-18-13(15)10(8-14)9-5-6-11(16-2)12(7-9)17-3/h5-8H,4H2,1-3H3/b10-8+. The quantitative estimate of drug-likeness (QED) is 0.598. The maximum Gasteiger partial charge on any atom is 0.341 e. The van der Waals surface area contributed by atoms with Gasteiger partial charge >= 0.3 is 5.97 Å². The van der Waals surface area contributed by atoms with Gasteiger partial charge < -0.3 is 14.2 Å². The number of halogens is 1. The Labute approximate surface area is 105 Å². The van der Waals surface area contributed by atoms with Crippen LogP contribution in [0.5, 0.6) is 11.5 Å². The summed E-state index contributed by atoms with van der Waals surface area (Å²) in [6, 6.07) is 4.67. The minimum atomic E-state index is -0.716. The first kappa shape index (κ1) is 14.0. The van der Waals surface area contributed by atoms with Gasteiger partial charge in [-0.25, -0.2) is 9.18 Å². The Kier molecular flexibility index (Phi) is 5.17. The number of ether oxygens (including phenoxy) is 3. The number of hydrogen-bond donors (Lipinski definition) is 0. The van der Waals surface area contributed by atoms with E-state index in [1.165, 1.54) is 20.3 Å². The maximum absolute atomic E-state index is 12.8. The number of hydrogen-bond acceptors (Lipinski definition) is 4. The molecule has 0 saturated heterocycles. The molecule has 1 aromatic carbocycles. The minimum Gasteiger partial charge on any atom is -0.493 e. The second-order valence-electron chi connectivity index (χ2n) is 3.31. The van der Waals surface area contributed by atoms with Gasteiger partial charge in [0, 0.05) is 0 Å². The van der Waals surface area contributed by atoms with E-state index in [2.05, 4.69) is 0 Å². The Morgan fingerprint density at radius 2 is 1.94 bits per heavy atom. The molecule has 0 heterocycles. The summed E-state index contributed by atoms with van der Waals surface area (Å²) in [5, 5.41) is 0. The van der Waals surface area contributed by atoms with E-state index in [4.69, 9.17) is 14.2 Å². The summed E-state index contributed by atoms with van der Waals surface area (Å²) in [5.41, 5.74) is 0.214. The summed E-state index contributed by atoms with van der Waals surface area (Å²) >= 11 is 0. The number of methoxy groups -OCH3 is 2. The van der Waals surface area contributed by atoms with Crippen molar-refractivity contribution in [3.63, 3.8) is 0 Å². The SMILES string of the molecule is CCOC(=O)/C(=C/F)c1ccc(OC)c(OC)c1. The molecule has 0 aromatic heterocycles. The smallest absolute Gasteiger partial charge is 0.341 e. The van der Waals surface area contributed by atoms with Gasteiger partial charge in [0.2, 0.25) is 0 Å². The van der Waals surface area contributed by atoms with Crippen LogP contribution in [0, 0.1) is 0 Å². The fourth-order valence-electron chi connectivity index (χ4n) is 1.44. The van der Waals surface area contributed by atoms with E-state index in [0.717, 1.165) is 0 Å². The molecule has 98 valence electrons. The first-order chi connectivity index (χ1) is 8.67.